The molecule has 1 aromatic rings. The molecule has 1 aromatic heterocycles. The third kappa shape index (κ3) is 2.50. The summed E-state index contributed by atoms with van der Waals surface area (Å²) in [5.74, 6) is 0.152. The van der Waals surface area contributed by atoms with Crippen LogP contribution >= 0.6 is 0 Å². The Labute approximate surface area is 104 Å². The number of hydrogen-bond donors (Lipinski definition) is 2. The molecule has 96 valence electrons. The Balaban J connectivity index is 2.02. The van der Waals surface area contributed by atoms with Crippen molar-refractivity contribution in [2.45, 2.75) is 0 Å². The summed E-state index contributed by atoms with van der Waals surface area (Å²) >= 11 is 0. The predicted molar refractivity (Wildman–Crippen MR) is 64.2 cm³/mol. The standard InChI is InChI=1S/C11H14N4O3/c12-9-7-8(1-2-13-9)10(16)14-3-5-15(6-4-14)11(17)18/h1-2,7H,3-6H2,(H2,12,13)(H,17,18). The highest BCUT2D eigenvalue weighted by Gasteiger charge is 2.24. The van der Waals surface area contributed by atoms with Crippen LogP contribution in [0.3, 0.4) is 0 Å². The van der Waals surface area contributed by atoms with Crippen molar-refractivity contribution in [3.8, 4) is 0 Å². The summed E-state index contributed by atoms with van der Waals surface area (Å²) in [5.41, 5.74) is 6.00. The fourth-order valence-electron chi connectivity index (χ4n) is 1.86. The van der Waals surface area contributed by atoms with Gasteiger partial charge in [0.25, 0.3) is 5.91 Å². The summed E-state index contributed by atoms with van der Waals surface area (Å²) in [7, 11) is 0. The molecule has 2 amide bonds. The van der Waals surface area contributed by atoms with Gasteiger partial charge < -0.3 is 20.6 Å². The van der Waals surface area contributed by atoms with Crippen LogP contribution in [0.2, 0.25) is 0 Å². The number of nitrogens with two attached hydrogens (primary N) is 1. The first-order valence-corrected chi connectivity index (χ1v) is 5.56. The van der Waals surface area contributed by atoms with E-state index in [2.05, 4.69) is 4.98 Å². The van der Waals surface area contributed by atoms with E-state index in [0.717, 1.165) is 0 Å². The van der Waals surface area contributed by atoms with Gasteiger partial charge in [0.15, 0.2) is 0 Å². The maximum absolute atomic E-state index is 12.1. The van der Waals surface area contributed by atoms with Crippen molar-refractivity contribution >= 4 is 17.8 Å². The summed E-state index contributed by atoms with van der Waals surface area (Å²) < 4.78 is 0. The van der Waals surface area contributed by atoms with Crippen molar-refractivity contribution in [1.82, 2.24) is 14.8 Å². The Morgan fingerprint density at radius 1 is 1.22 bits per heavy atom. The molecule has 18 heavy (non-hydrogen) atoms. The molecule has 1 aliphatic heterocycles. The Hall–Kier alpha value is -2.31. The van der Waals surface area contributed by atoms with E-state index in [-0.39, 0.29) is 5.91 Å². The highest BCUT2D eigenvalue weighted by Crippen LogP contribution is 2.10. The average molecular weight is 250 g/mol. The van der Waals surface area contributed by atoms with Gasteiger partial charge in [0, 0.05) is 37.9 Å². The van der Waals surface area contributed by atoms with E-state index in [1.807, 2.05) is 0 Å². The van der Waals surface area contributed by atoms with Gasteiger partial charge in [0.2, 0.25) is 0 Å². The maximum Gasteiger partial charge on any atom is 0.407 e. The minimum Gasteiger partial charge on any atom is -0.465 e. The van der Waals surface area contributed by atoms with E-state index in [9.17, 15) is 9.59 Å². The van der Waals surface area contributed by atoms with Crippen molar-refractivity contribution in [3.05, 3.63) is 23.9 Å². The van der Waals surface area contributed by atoms with Gasteiger partial charge in [-0.3, -0.25) is 4.79 Å². The first-order valence-electron chi connectivity index (χ1n) is 5.56. The second-order valence-electron chi connectivity index (χ2n) is 4.03. The summed E-state index contributed by atoms with van der Waals surface area (Å²) in [5, 5.41) is 8.81. The number of nitrogen functional groups attached to an aromatic ring is 1. The Kier molecular flexibility index (Phi) is 3.31. The van der Waals surface area contributed by atoms with Gasteiger partial charge in [-0.1, -0.05) is 0 Å². The lowest BCUT2D eigenvalue weighted by Crippen LogP contribution is -2.50. The van der Waals surface area contributed by atoms with E-state index in [0.29, 0.717) is 37.6 Å². The van der Waals surface area contributed by atoms with Gasteiger partial charge >= 0.3 is 6.09 Å². The van der Waals surface area contributed by atoms with Gasteiger partial charge in [0.05, 0.1) is 0 Å². The third-order valence-electron chi connectivity index (χ3n) is 2.87. The number of pyridine rings is 1. The predicted octanol–water partition coefficient (Wildman–Crippen LogP) is 0.0996. The van der Waals surface area contributed by atoms with E-state index in [1.54, 1.807) is 11.0 Å². The topological polar surface area (TPSA) is 99.8 Å². The Bertz CT molecular complexity index is 469. The molecule has 2 rings (SSSR count). The molecule has 7 nitrogen and oxygen atoms in total. The number of rotatable bonds is 1. The molecule has 2 heterocycles. The van der Waals surface area contributed by atoms with Gasteiger partial charge in [-0.05, 0) is 12.1 Å². The summed E-state index contributed by atoms with van der Waals surface area (Å²) in [6.45, 7) is 1.46. The molecule has 7 heteroatoms. The molecule has 1 fully saturated rings. The number of carbonyl (C=O) groups is 2. The van der Waals surface area contributed by atoms with Crippen LogP contribution in [0.15, 0.2) is 18.3 Å². The summed E-state index contributed by atoms with van der Waals surface area (Å²) in [6.07, 6.45) is 0.533. The van der Waals surface area contributed by atoms with Crippen molar-refractivity contribution < 1.29 is 14.7 Å². The molecular weight excluding hydrogens is 236 g/mol. The number of aromatic nitrogens is 1. The fourth-order valence-corrected chi connectivity index (χ4v) is 1.86. The number of nitrogens with zero attached hydrogens (tertiary/aromatic N) is 3. The van der Waals surface area contributed by atoms with Gasteiger partial charge in [-0.25, -0.2) is 9.78 Å². The lowest BCUT2D eigenvalue weighted by Gasteiger charge is -2.33. The number of carbonyl (C=O) groups excluding carboxylic acids is 1. The molecular formula is C11H14N4O3. The quantitative estimate of drug-likeness (QED) is 0.736. The Morgan fingerprint density at radius 2 is 1.83 bits per heavy atom. The fraction of sp³-hybridized carbons (Fsp3) is 0.364. The number of anilines is 1. The van der Waals surface area contributed by atoms with Crippen molar-refractivity contribution in [2.24, 2.45) is 0 Å². The number of carboxylic acid groups (broad SMARTS) is 1. The van der Waals surface area contributed by atoms with Gasteiger partial charge in [0.1, 0.15) is 5.82 Å². The average Bonchev–Trinajstić information content (AvgIpc) is 2.38. The molecule has 0 saturated carbocycles. The highest BCUT2D eigenvalue weighted by atomic mass is 16.4. The number of piperazine rings is 1. The molecule has 0 aliphatic carbocycles. The molecule has 0 bridgehead atoms. The minimum absolute atomic E-state index is 0.144. The van der Waals surface area contributed by atoms with Gasteiger partial charge in [-0.15, -0.1) is 0 Å². The zero-order valence-electron chi connectivity index (χ0n) is 9.74. The van der Waals surface area contributed by atoms with Crippen LogP contribution in [0.1, 0.15) is 10.4 Å². The van der Waals surface area contributed by atoms with E-state index < -0.39 is 6.09 Å². The lowest BCUT2D eigenvalue weighted by molar-refractivity contribution is 0.0625. The van der Waals surface area contributed by atoms with Gasteiger partial charge in [-0.2, -0.15) is 0 Å². The molecule has 0 atom stereocenters. The third-order valence-corrected chi connectivity index (χ3v) is 2.87. The van der Waals surface area contributed by atoms with E-state index in [4.69, 9.17) is 10.8 Å². The van der Waals surface area contributed by atoms with Crippen LogP contribution in [0.5, 0.6) is 0 Å². The SMILES string of the molecule is Nc1cc(C(=O)N2CCN(C(=O)O)CC2)ccn1. The lowest BCUT2D eigenvalue weighted by atomic mass is 10.2. The van der Waals surface area contributed by atoms with E-state index >= 15 is 0 Å². The highest BCUT2D eigenvalue weighted by molar-refractivity contribution is 5.94. The van der Waals surface area contributed by atoms with Crippen molar-refractivity contribution in [3.63, 3.8) is 0 Å². The molecule has 1 saturated heterocycles. The number of amides is 2. The summed E-state index contributed by atoms with van der Waals surface area (Å²) in [6, 6.07) is 3.12. The summed E-state index contributed by atoms with van der Waals surface area (Å²) in [4.78, 5) is 29.6. The molecule has 3 N–H and O–H groups in total. The van der Waals surface area contributed by atoms with Crippen molar-refractivity contribution in [1.29, 1.82) is 0 Å². The Morgan fingerprint density at radius 3 is 2.39 bits per heavy atom. The minimum atomic E-state index is -0.949. The van der Waals surface area contributed by atoms with Crippen LogP contribution in [0.25, 0.3) is 0 Å². The van der Waals surface area contributed by atoms with E-state index in [1.165, 1.54) is 17.2 Å². The van der Waals surface area contributed by atoms with Crippen molar-refractivity contribution in [2.75, 3.05) is 31.9 Å². The zero-order chi connectivity index (χ0) is 13.1. The first kappa shape index (κ1) is 12.2. The van der Waals surface area contributed by atoms with Crippen LogP contribution in [0, 0.1) is 0 Å². The second-order valence-corrected chi connectivity index (χ2v) is 4.03. The van der Waals surface area contributed by atoms with Crippen LogP contribution < -0.4 is 5.73 Å². The normalized spacial score (nSPS) is 15.6. The zero-order valence-corrected chi connectivity index (χ0v) is 9.74. The molecule has 0 aromatic carbocycles. The van der Waals surface area contributed by atoms with Crippen LogP contribution in [-0.2, 0) is 0 Å². The first-order chi connectivity index (χ1) is 8.58. The molecule has 0 unspecified atom stereocenters. The van der Waals surface area contributed by atoms with Crippen LogP contribution in [0.4, 0.5) is 10.6 Å². The molecule has 0 spiro atoms. The smallest absolute Gasteiger partial charge is 0.407 e. The second kappa shape index (κ2) is 4.91. The monoisotopic (exact) mass is 250 g/mol. The molecule has 0 radical (unpaired) electrons. The maximum atomic E-state index is 12.1. The molecule has 1 aliphatic rings. The largest absolute Gasteiger partial charge is 0.465 e. The number of hydrogen-bond acceptors (Lipinski definition) is 4. The van der Waals surface area contributed by atoms with Crippen LogP contribution in [-0.4, -0.2) is 58.1 Å².